The van der Waals surface area contributed by atoms with Gasteiger partial charge in [0.15, 0.2) is 0 Å². The Morgan fingerprint density at radius 3 is 2.45 bits per heavy atom. The fourth-order valence-electron chi connectivity index (χ4n) is 3.43. The molecule has 1 aliphatic rings. The highest BCUT2D eigenvalue weighted by Crippen LogP contribution is 2.29. The summed E-state index contributed by atoms with van der Waals surface area (Å²) in [6, 6.07) is 7.82. The van der Waals surface area contributed by atoms with Gasteiger partial charge < -0.3 is 19.4 Å². The third-order valence-electron chi connectivity index (χ3n) is 5.20. The van der Waals surface area contributed by atoms with Gasteiger partial charge in [-0.3, -0.25) is 9.59 Å². The molecule has 9 heteroatoms. The van der Waals surface area contributed by atoms with Crippen LogP contribution in [0.4, 0.5) is 13.2 Å². The van der Waals surface area contributed by atoms with Crippen LogP contribution in [-0.2, 0) is 22.3 Å². The van der Waals surface area contributed by atoms with E-state index in [0.29, 0.717) is 52.1 Å². The summed E-state index contributed by atoms with van der Waals surface area (Å²) in [5.74, 6) is 0.205. The minimum Gasteiger partial charge on any atom is -0.467 e. The molecule has 1 fully saturated rings. The average Bonchev–Trinajstić information content (AvgIpc) is 3.28. The molecule has 6 nitrogen and oxygen atoms in total. The summed E-state index contributed by atoms with van der Waals surface area (Å²) in [4.78, 5) is 26.4. The highest BCUT2D eigenvalue weighted by Gasteiger charge is 2.31. The molecule has 1 aromatic heterocycles. The SMILES string of the molecule is O=C(NCCCOCc1ccco1)C1CCN(C(=O)c2ccc(C(F)(F)F)cc2)CC1. The molecule has 0 saturated carbocycles. The summed E-state index contributed by atoms with van der Waals surface area (Å²) in [5.41, 5.74) is -0.573. The molecule has 2 amide bonds. The second-order valence-corrected chi connectivity index (χ2v) is 7.42. The van der Waals surface area contributed by atoms with E-state index in [1.807, 2.05) is 6.07 Å². The summed E-state index contributed by atoms with van der Waals surface area (Å²) in [6.45, 7) is 2.18. The van der Waals surface area contributed by atoms with E-state index >= 15 is 0 Å². The van der Waals surface area contributed by atoms with E-state index in [1.165, 1.54) is 12.1 Å². The van der Waals surface area contributed by atoms with Gasteiger partial charge in [-0.15, -0.1) is 0 Å². The number of nitrogens with zero attached hydrogens (tertiary/aromatic N) is 1. The standard InChI is InChI=1S/C22H25F3N2O4/c23-22(24,25)18-6-4-17(5-7-18)21(29)27-11-8-16(9-12-27)20(28)26-10-2-13-30-15-19-3-1-14-31-19/h1,3-7,14,16H,2,8-13,15H2,(H,26,28). The predicted octanol–water partition coefficient (Wildman–Crippen LogP) is 3.87. The zero-order valence-electron chi connectivity index (χ0n) is 17.0. The third-order valence-corrected chi connectivity index (χ3v) is 5.20. The number of halogens is 3. The molecule has 0 bridgehead atoms. The van der Waals surface area contributed by atoms with Crippen molar-refractivity contribution in [2.24, 2.45) is 5.92 Å². The molecule has 0 unspecified atom stereocenters. The Bertz CT molecular complexity index is 843. The zero-order chi connectivity index (χ0) is 22.3. The summed E-state index contributed by atoms with van der Waals surface area (Å²) in [6.07, 6.45) is -1.13. The highest BCUT2D eigenvalue weighted by molar-refractivity contribution is 5.94. The monoisotopic (exact) mass is 438 g/mol. The third kappa shape index (κ3) is 6.58. The van der Waals surface area contributed by atoms with E-state index < -0.39 is 11.7 Å². The first kappa shape index (κ1) is 22.9. The molecule has 0 aliphatic carbocycles. The number of carbonyl (C=O) groups excluding carboxylic acids is 2. The summed E-state index contributed by atoms with van der Waals surface area (Å²) in [5, 5.41) is 2.89. The van der Waals surface area contributed by atoms with Gasteiger partial charge in [0.05, 0.1) is 11.8 Å². The van der Waals surface area contributed by atoms with Crippen molar-refractivity contribution in [2.45, 2.75) is 32.0 Å². The van der Waals surface area contributed by atoms with Crippen LogP contribution in [0.3, 0.4) is 0 Å². The van der Waals surface area contributed by atoms with Crippen LogP contribution >= 0.6 is 0 Å². The minimum absolute atomic E-state index is 0.0485. The van der Waals surface area contributed by atoms with Gasteiger partial charge in [-0.1, -0.05) is 0 Å². The van der Waals surface area contributed by atoms with Gasteiger partial charge in [0.25, 0.3) is 5.91 Å². The van der Waals surface area contributed by atoms with Crippen LogP contribution in [0, 0.1) is 5.92 Å². The molecule has 0 spiro atoms. The molecule has 2 aromatic rings. The van der Waals surface area contributed by atoms with Crippen molar-refractivity contribution in [3.8, 4) is 0 Å². The van der Waals surface area contributed by atoms with Crippen molar-refractivity contribution in [1.82, 2.24) is 10.2 Å². The number of hydrogen-bond donors (Lipinski definition) is 1. The first-order valence-corrected chi connectivity index (χ1v) is 10.2. The lowest BCUT2D eigenvalue weighted by Crippen LogP contribution is -2.43. The van der Waals surface area contributed by atoms with Crippen molar-refractivity contribution in [2.75, 3.05) is 26.2 Å². The molecule has 168 valence electrons. The van der Waals surface area contributed by atoms with Crippen LogP contribution in [0.15, 0.2) is 47.1 Å². The Hall–Kier alpha value is -2.81. The number of carbonyl (C=O) groups is 2. The van der Waals surface area contributed by atoms with E-state index in [1.54, 1.807) is 17.2 Å². The molecule has 1 N–H and O–H groups in total. The van der Waals surface area contributed by atoms with E-state index in [-0.39, 0.29) is 23.3 Å². The lowest BCUT2D eigenvalue weighted by atomic mass is 9.95. The second-order valence-electron chi connectivity index (χ2n) is 7.42. The maximum atomic E-state index is 12.7. The number of nitrogens with one attached hydrogen (secondary N) is 1. The Morgan fingerprint density at radius 2 is 1.84 bits per heavy atom. The summed E-state index contributed by atoms with van der Waals surface area (Å²) >= 11 is 0. The summed E-state index contributed by atoms with van der Waals surface area (Å²) < 4.78 is 48.6. The van der Waals surface area contributed by atoms with E-state index in [0.717, 1.165) is 17.9 Å². The fraction of sp³-hybridized carbons (Fsp3) is 0.455. The second kappa shape index (κ2) is 10.5. The fourth-order valence-corrected chi connectivity index (χ4v) is 3.43. The normalized spacial score (nSPS) is 15.1. The van der Waals surface area contributed by atoms with E-state index in [9.17, 15) is 22.8 Å². The van der Waals surface area contributed by atoms with Crippen LogP contribution in [0.1, 0.15) is 40.9 Å². The Morgan fingerprint density at radius 1 is 1.13 bits per heavy atom. The number of likely N-dealkylation sites (tertiary alicyclic amines) is 1. The first-order chi connectivity index (χ1) is 14.8. The number of rotatable bonds is 8. The van der Waals surface area contributed by atoms with Gasteiger partial charge in [0.2, 0.25) is 5.91 Å². The molecule has 0 radical (unpaired) electrons. The molecule has 3 rings (SSSR count). The van der Waals surface area contributed by atoms with E-state index in [4.69, 9.17) is 9.15 Å². The van der Waals surface area contributed by atoms with Gasteiger partial charge in [0.1, 0.15) is 12.4 Å². The number of benzene rings is 1. The molecule has 31 heavy (non-hydrogen) atoms. The van der Waals surface area contributed by atoms with Crippen molar-refractivity contribution >= 4 is 11.8 Å². The number of alkyl halides is 3. The van der Waals surface area contributed by atoms with Crippen molar-refractivity contribution in [3.63, 3.8) is 0 Å². The number of ether oxygens (including phenoxy) is 1. The maximum absolute atomic E-state index is 12.7. The van der Waals surface area contributed by atoms with Crippen molar-refractivity contribution in [3.05, 3.63) is 59.5 Å². The molecular weight excluding hydrogens is 413 g/mol. The number of hydrogen-bond acceptors (Lipinski definition) is 4. The topological polar surface area (TPSA) is 71.8 Å². The first-order valence-electron chi connectivity index (χ1n) is 10.2. The van der Waals surface area contributed by atoms with Crippen molar-refractivity contribution in [1.29, 1.82) is 0 Å². The minimum atomic E-state index is -4.43. The van der Waals surface area contributed by atoms with Crippen LogP contribution in [0.25, 0.3) is 0 Å². The number of amides is 2. The van der Waals surface area contributed by atoms with E-state index in [2.05, 4.69) is 5.32 Å². The van der Waals surface area contributed by atoms with Gasteiger partial charge >= 0.3 is 6.18 Å². The molecule has 0 atom stereocenters. The Labute approximate surface area is 178 Å². The van der Waals surface area contributed by atoms with Gasteiger partial charge in [-0.2, -0.15) is 13.2 Å². The smallest absolute Gasteiger partial charge is 0.416 e. The molecular formula is C22H25F3N2O4. The molecule has 2 heterocycles. The average molecular weight is 438 g/mol. The van der Waals surface area contributed by atoms with Crippen molar-refractivity contribution < 1.29 is 31.9 Å². The molecule has 1 saturated heterocycles. The van der Waals surface area contributed by atoms with Gasteiger partial charge in [0, 0.05) is 37.7 Å². The van der Waals surface area contributed by atoms with Crippen LogP contribution in [0.2, 0.25) is 0 Å². The largest absolute Gasteiger partial charge is 0.467 e. The molecule has 1 aliphatic heterocycles. The number of piperidine rings is 1. The molecule has 1 aromatic carbocycles. The number of furan rings is 1. The predicted molar refractivity (Wildman–Crippen MR) is 106 cm³/mol. The van der Waals surface area contributed by atoms with Gasteiger partial charge in [-0.25, -0.2) is 0 Å². The Balaban J connectivity index is 1.34. The Kier molecular flexibility index (Phi) is 7.73. The quantitative estimate of drug-likeness (QED) is 0.635. The summed E-state index contributed by atoms with van der Waals surface area (Å²) in [7, 11) is 0. The highest BCUT2D eigenvalue weighted by atomic mass is 19.4. The zero-order valence-corrected chi connectivity index (χ0v) is 17.0. The van der Waals surface area contributed by atoms with Gasteiger partial charge in [-0.05, 0) is 55.7 Å². The van der Waals surface area contributed by atoms with Crippen LogP contribution in [-0.4, -0.2) is 43.0 Å². The lowest BCUT2D eigenvalue weighted by Gasteiger charge is -2.31. The van der Waals surface area contributed by atoms with Crippen LogP contribution in [0.5, 0.6) is 0 Å². The maximum Gasteiger partial charge on any atom is 0.416 e. The lowest BCUT2D eigenvalue weighted by molar-refractivity contribution is -0.137. The van der Waals surface area contributed by atoms with Crippen LogP contribution < -0.4 is 5.32 Å².